The Hall–Kier alpha value is -2.89. The smallest absolute Gasteiger partial charge is 0.191 e. The van der Waals surface area contributed by atoms with Gasteiger partial charge < -0.3 is 24.5 Å². The van der Waals surface area contributed by atoms with Crippen molar-refractivity contribution >= 4 is 5.96 Å². The second-order valence-corrected chi connectivity index (χ2v) is 5.92. The summed E-state index contributed by atoms with van der Waals surface area (Å²) in [6.45, 7) is 7.80. The third kappa shape index (κ3) is 6.20. The minimum absolute atomic E-state index is 0.520. The van der Waals surface area contributed by atoms with E-state index in [1.165, 1.54) is 0 Å². The largest absolute Gasteiger partial charge is 0.493 e. The topological polar surface area (TPSA) is 68.0 Å². The van der Waals surface area contributed by atoms with Crippen LogP contribution in [0.3, 0.4) is 0 Å². The maximum atomic E-state index is 5.35. The highest BCUT2D eigenvalue weighted by molar-refractivity contribution is 5.80. The summed E-state index contributed by atoms with van der Waals surface area (Å²) in [6, 6.07) is 9.64. The van der Waals surface area contributed by atoms with Gasteiger partial charge in [0.05, 0.1) is 27.0 Å². The van der Waals surface area contributed by atoms with Crippen LogP contribution in [0, 0.1) is 0 Å². The lowest BCUT2D eigenvalue weighted by Gasteiger charge is -2.13. The number of hydrogen-bond acceptors (Lipinski definition) is 4. The van der Waals surface area contributed by atoms with Gasteiger partial charge in [-0.05, 0) is 36.8 Å². The van der Waals surface area contributed by atoms with E-state index < -0.39 is 0 Å². The molecule has 0 bridgehead atoms. The van der Waals surface area contributed by atoms with Crippen molar-refractivity contribution in [1.29, 1.82) is 0 Å². The summed E-state index contributed by atoms with van der Waals surface area (Å²) in [7, 11) is 3.25. The summed E-state index contributed by atoms with van der Waals surface area (Å²) < 4.78 is 16.0. The summed E-state index contributed by atoms with van der Waals surface area (Å²) in [5.41, 5.74) is 2.07. The van der Waals surface area contributed by atoms with Gasteiger partial charge in [-0.25, -0.2) is 4.99 Å². The van der Waals surface area contributed by atoms with Gasteiger partial charge in [0, 0.05) is 19.5 Å². The highest BCUT2D eigenvalue weighted by Gasteiger charge is 2.05. The van der Waals surface area contributed by atoms with E-state index in [1.807, 2.05) is 37.3 Å². The van der Waals surface area contributed by atoms with Crippen LogP contribution in [0.15, 0.2) is 58.2 Å². The molecule has 0 amide bonds. The minimum atomic E-state index is 0.520. The van der Waals surface area contributed by atoms with E-state index in [2.05, 4.69) is 22.2 Å². The lowest BCUT2D eigenvalue weighted by Crippen LogP contribution is -2.39. The van der Waals surface area contributed by atoms with Crippen molar-refractivity contribution in [2.24, 2.45) is 4.99 Å². The second-order valence-electron chi connectivity index (χ2n) is 5.92. The average molecular weight is 357 g/mol. The first-order chi connectivity index (χ1) is 12.6. The van der Waals surface area contributed by atoms with Gasteiger partial charge in [-0.1, -0.05) is 18.2 Å². The number of guanidine groups is 1. The van der Waals surface area contributed by atoms with E-state index in [-0.39, 0.29) is 0 Å². The van der Waals surface area contributed by atoms with Crippen LogP contribution in [-0.2, 0) is 13.0 Å². The fourth-order valence-corrected chi connectivity index (χ4v) is 2.32. The minimum Gasteiger partial charge on any atom is -0.493 e. The first-order valence-corrected chi connectivity index (χ1v) is 8.52. The van der Waals surface area contributed by atoms with Gasteiger partial charge in [0.15, 0.2) is 17.5 Å². The molecule has 0 aliphatic carbocycles. The SMILES string of the molecule is C=C(C)CNC(=NCc1ccc(OC)c(OC)c1)NCCc1ccco1. The van der Waals surface area contributed by atoms with Crippen LogP contribution in [0.25, 0.3) is 0 Å². The van der Waals surface area contributed by atoms with Gasteiger partial charge in [-0.15, -0.1) is 0 Å². The van der Waals surface area contributed by atoms with Crippen molar-refractivity contribution in [3.05, 3.63) is 60.1 Å². The van der Waals surface area contributed by atoms with Crippen LogP contribution < -0.4 is 20.1 Å². The maximum Gasteiger partial charge on any atom is 0.191 e. The van der Waals surface area contributed by atoms with Crippen LogP contribution in [0.2, 0.25) is 0 Å². The molecule has 0 aliphatic heterocycles. The summed E-state index contributed by atoms with van der Waals surface area (Å²) in [5.74, 6) is 3.07. The van der Waals surface area contributed by atoms with Crippen LogP contribution >= 0.6 is 0 Å². The second kappa shape index (κ2) is 10.2. The number of furan rings is 1. The van der Waals surface area contributed by atoms with Crippen molar-refractivity contribution in [3.63, 3.8) is 0 Å². The lowest BCUT2D eigenvalue weighted by atomic mass is 10.2. The molecule has 2 aromatic rings. The van der Waals surface area contributed by atoms with Crippen LogP contribution in [-0.4, -0.2) is 33.3 Å². The molecule has 2 rings (SSSR count). The summed E-state index contributed by atoms with van der Waals surface area (Å²) in [6.07, 6.45) is 2.47. The fourth-order valence-electron chi connectivity index (χ4n) is 2.32. The third-order valence-corrected chi connectivity index (χ3v) is 3.67. The first kappa shape index (κ1) is 19.4. The van der Waals surface area contributed by atoms with Crippen LogP contribution in [0.4, 0.5) is 0 Å². The predicted molar refractivity (Wildman–Crippen MR) is 104 cm³/mol. The number of nitrogens with one attached hydrogen (secondary N) is 2. The molecular weight excluding hydrogens is 330 g/mol. The summed E-state index contributed by atoms with van der Waals surface area (Å²) in [5, 5.41) is 6.59. The lowest BCUT2D eigenvalue weighted by molar-refractivity contribution is 0.354. The highest BCUT2D eigenvalue weighted by Crippen LogP contribution is 2.27. The van der Waals surface area contributed by atoms with E-state index in [9.17, 15) is 0 Å². The average Bonchev–Trinajstić information content (AvgIpc) is 3.16. The van der Waals surface area contributed by atoms with Crippen LogP contribution in [0.1, 0.15) is 18.2 Å². The number of rotatable bonds is 9. The van der Waals surface area contributed by atoms with E-state index in [4.69, 9.17) is 13.9 Å². The van der Waals surface area contributed by atoms with E-state index in [0.29, 0.717) is 24.6 Å². The zero-order valence-corrected chi connectivity index (χ0v) is 15.7. The zero-order chi connectivity index (χ0) is 18.8. The molecule has 26 heavy (non-hydrogen) atoms. The Labute approximate surface area is 154 Å². The predicted octanol–water partition coefficient (Wildman–Crippen LogP) is 3.15. The van der Waals surface area contributed by atoms with Crippen molar-refractivity contribution in [2.75, 3.05) is 27.3 Å². The molecule has 1 aromatic heterocycles. The third-order valence-electron chi connectivity index (χ3n) is 3.67. The van der Waals surface area contributed by atoms with Gasteiger partial charge in [-0.2, -0.15) is 0 Å². The molecule has 6 heteroatoms. The fraction of sp³-hybridized carbons (Fsp3) is 0.350. The summed E-state index contributed by atoms with van der Waals surface area (Å²) in [4.78, 5) is 4.64. The molecule has 0 aliphatic rings. The number of nitrogens with zero attached hydrogens (tertiary/aromatic N) is 1. The molecule has 1 heterocycles. The monoisotopic (exact) mass is 357 g/mol. The normalized spacial score (nSPS) is 11.1. The Morgan fingerprint density at radius 3 is 2.62 bits per heavy atom. The molecule has 1 aromatic carbocycles. The number of benzene rings is 1. The van der Waals surface area contributed by atoms with Crippen molar-refractivity contribution < 1.29 is 13.9 Å². The van der Waals surface area contributed by atoms with E-state index in [0.717, 1.165) is 35.8 Å². The molecule has 140 valence electrons. The Kier molecular flexibility index (Phi) is 7.61. The molecule has 0 atom stereocenters. The zero-order valence-electron chi connectivity index (χ0n) is 15.7. The van der Waals surface area contributed by atoms with Crippen LogP contribution in [0.5, 0.6) is 11.5 Å². The number of ether oxygens (including phenoxy) is 2. The van der Waals surface area contributed by atoms with Gasteiger partial charge in [-0.3, -0.25) is 0 Å². The van der Waals surface area contributed by atoms with Crippen molar-refractivity contribution in [3.8, 4) is 11.5 Å². The first-order valence-electron chi connectivity index (χ1n) is 8.52. The Balaban J connectivity index is 1.99. The summed E-state index contributed by atoms with van der Waals surface area (Å²) >= 11 is 0. The van der Waals surface area contributed by atoms with Crippen molar-refractivity contribution in [2.45, 2.75) is 19.9 Å². The van der Waals surface area contributed by atoms with Gasteiger partial charge >= 0.3 is 0 Å². The Morgan fingerprint density at radius 1 is 1.15 bits per heavy atom. The standard InChI is InChI=1S/C20H27N3O3/c1-15(2)13-22-20(21-10-9-17-6-5-11-26-17)23-14-16-7-8-18(24-3)19(12-16)25-4/h5-8,11-12H,1,9-10,13-14H2,2-4H3,(H2,21,22,23). The number of hydrogen-bond donors (Lipinski definition) is 2. The molecule has 0 unspecified atom stereocenters. The van der Waals surface area contributed by atoms with Crippen molar-refractivity contribution in [1.82, 2.24) is 10.6 Å². The highest BCUT2D eigenvalue weighted by atomic mass is 16.5. The maximum absolute atomic E-state index is 5.35. The van der Waals surface area contributed by atoms with E-state index >= 15 is 0 Å². The Morgan fingerprint density at radius 2 is 1.96 bits per heavy atom. The molecule has 0 spiro atoms. The quantitative estimate of drug-likeness (QED) is 0.410. The number of methoxy groups -OCH3 is 2. The Bertz CT molecular complexity index is 724. The van der Waals surface area contributed by atoms with Gasteiger partial charge in [0.1, 0.15) is 5.76 Å². The van der Waals surface area contributed by atoms with Gasteiger partial charge in [0.2, 0.25) is 0 Å². The number of aliphatic imine (C=N–C) groups is 1. The molecule has 2 N–H and O–H groups in total. The molecular formula is C20H27N3O3. The molecule has 6 nitrogen and oxygen atoms in total. The van der Waals surface area contributed by atoms with Gasteiger partial charge in [0.25, 0.3) is 0 Å². The van der Waals surface area contributed by atoms with E-state index in [1.54, 1.807) is 20.5 Å². The molecule has 0 saturated heterocycles. The molecule has 0 fully saturated rings. The molecule has 0 saturated carbocycles. The molecule has 0 radical (unpaired) electrons.